The Labute approximate surface area is 135 Å². The van der Waals surface area contributed by atoms with Gasteiger partial charge in [-0.25, -0.2) is 15.6 Å². The van der Waals surface area contributed by atoms with Gasteiger partial charge in [0.15, 0.2) is 0 Å². The summed E-state index contributed by atoms with van der Waals surface area (Å²) in [6.07, 6.45) is -7.60. The number of amides is 2. The molecule has 0 aliphatic carbocycles. The molecular formula is C13H28N4O6. The average Bonchev–Trinajstić information content (AvgIpc) is 2.51. The van der Waals surface area contributed by atoms with Crippen LogP contribution in [0.15, 0.2) is 0 Å². The van der Waals surface area contributed by atoms with Gasteiger partial charge in [0.1, 0.15) is 30.6 Å². The maximum absolute atomic E-state index is 12.3. The number of hydrogen-bond acceptors (Lipinski definition) is 8. The van der Waals surface area contributed by atoms with Crippen LogP contribution in [-0.2, 0) is 0 Å². The molecule has 0 spiro atoms. The number of nitrogens with zero attached hydrogens (tertiary/aromatic N) is 2. The lowest BCUT2D eigenvalue weighted by Gasteiger charge is -2.46. The summed E-state index contributed by atoms with van der Waals surface area (Å²) in [4.78, 5) is 12.3. The van der Waals surface area contributed by atoms with E-state index in [1.807, 2.05) is 0 Å². The van der Waals surface area contributed by atoms with Crippen molar-refractivity contribution in [3.63, 3.8) is 0 Å². The summed E-state index contributed by atoms with van der Waals surface area (Å²) in [5, 5.41) is 50.7. The van der Waals surface area contributed by atoms with E-state index < -0.39 is 37.2 Å². The first-order valence-electron chi connectivity index (χ1n) is 7.59. The Kier molecular flexibility index (Phi) is 7.14. The number of urea groups is 1. The highest BCUT2D eigenvalue weighted by atomic mass is 16.4. The molecular weight excluding hydrogens is 308 g/mol. The van der Waals surface area contributed by atoms with Crippen molar-refractivity contribution in [1.29, 1.82) is 0 Å². The van der Waals surface area contributed by atoms with Crippen molar-refractivity contribution in [2.45, 2.75) is 70.4 Å². The summed E-state index contributed by atoms with van der Waals surface area (Å²) < 4.78 is 0. The fraction of sp³-hybridized carbons (Fsp3) is 0.923. The van der Waals surface area contributed by atoms with E-state index in [-0.39, 0.29) is 18.1 Å². The molecule has 1 saturated heterocycles. The minimum Gasteiger partial charge on any atom is -0.394 e. The van der Waals surface area contributed by atoms with Crippen LogP contribution in [0.5, 0.6) is 0 Å². The molecule has 1 rings (SSSR count). The van der Waals surface area contributed by atoms with Gasteiger partial charge in [-0.3, -0.25) is 10.0 Å². The number of rotatable bonds is 7. The van der Waals surface area contributed by atoms with E-state index in [0.29, 0.717) is 0 Å². The van der Waals surface area contributed by atoms with Gasteiger partial charge in [-0.1, -0.05) is 0 Å². The van der Waals surface area contributed by atoms with E-state index >= 15 is 0 Å². The summed E-state index contributed by atoms with van der Waals surface area (Å²) in [5.41, 5.74) is 5.49. The molecule has 1 fully saturated rings. The Morgan fingerprint density at radius 1 is 0.957 bits per heavy atom. The number of hydrogen-bond donors (Lipinski definition) is 7. The lowest BCUT2D eigenvalue weighted by Crippen LogP contribution is -2.75. The first kappa shape index (κ1) is 20.0. The smallest absolute Gasteiger partial charge is 0.349 e. The van der Waals surface area contributed by atoms with Gasteiger partial charge in [0, 0.05) is 12.1 Å². The van der Waals surface area contributed by atoms with Crippen LogP contribution in [0.3, 0.4) is 0 Å². The van der Waals surface area contributed by atoms with Gasteiger partial charge in [0.2, 0.25) is 0 Å². The van der Waals surface area contributed by atoms with E-state index in [9.17, 15) is 25.2 Å². The summed E-state index contributed by atoms with van der Waals surface area (Å²) >= 11 is 0. The van der Waals surface area contributed by atoms with Crippen molar-refractivity contribution in [2.24, 2.45) is 0 Å². The SMILES string of the molecule is CC(C)N1NC([C@H](O)[C@@H](O)[C@H](O)[C@H](O)CO)NN(C(C)C)C1=O. The molecule has 0 aromatic carbocycles. The molecule has 0 radical (unpaired) electrons. The van der Waals surface area contributed by atoms with E-state index in [2.05, 4.69) is 10.9 Å². The second-order valence-corrected chi connectivity index (χ2v) is 6.17. The van der Waals surface area contributed by atoms with Crippen LogP contribution in [0, 0.1) is 0 Å². The van der Waals surface area contributed by atoms with E-state index in [1.165, 1.54) is 10.0 Å². The molecule has 1 heterocycles. The summed E-state index contributed by atoms with van der Waals surface area (Å²) in [6, 6.07) is -0.778. The highest BCUT2D eigenvalue weighted by molar-refractivity contribution is 5.74. The number of carbonyl (C=O) groups excluding carboxylic acids is 1. The molecule has 2 amide bonds. The Hall–Kier alpha value is -1.01. The Morgan fingerprint density at radius 3 is 1.74 bits per heavy atom. The standard InChI is InChI=1S/C13H28N4O6/c1-6(2)16-13(23)17(7(3)4)15-12(14-16)11(22)10(21)9(20)8(19)5-18/h6-12,14-15,18-22H,5H2,1-4H3/t8-,9-,10+,11-/m1/s1. The van der Waals surface area contributed by atoms with Crippen molar-refractivity contribution in [2.75, 3.05) is 6.61 Å². The first-order valence-corrected chi connectivity index (χ1v) is 7.59. The predicted molar refractivity (Wildman–Crippen MR) is 80.5 cm³/mol. The zero-order valence-electron chi connectivity index (χ0n) is 13.8. The van der Waals surface area contributed by atoms with Crippen LogP contribution >= 0.6 is 0 Å². The van der Waals surface area contributed by atoms with Gasteiger partial charge in [0.25, 0.3) is 0 Å². The van der Waals surface area contributed by atoms with Crippen LogP contribution in [0.2, 0.25) is 0 Å². The Balaban J connectivity index is 2.90. The molecule has 7 N–H and O–H groups in total. The minimum absolute atomic E-state index is 0.217. The fourth-order valence-electron chi connectivity index (χ4n) is 2.18. The van der Waals surface area contributed by atoms with Crippen molar-refractivity contribution in [3.05, 3.63) is 0 Å². The number of carbonyl (C=O) groups is 1. The molecule has 0 aromatic rings. The Morgan fingerprint density at radius 2 is 1.39 bits per heavy atom. The molecule has 0 saturated carbocycles. The van der Waals surface area contributed by atoms with Gasteiger partial charge < -0.3 is 25.5 Å². The molecule has 0 unspecified atom stereocenters. The molecule has 1 aliphatic heterocycles. The Bertz CT molecular complexity index is 377. The van der Waals surface area contributed by atoms with Gasteiger partial charge in [0.05, 0.1) is 6.61 Å². The number of hydrazine groups is 2. The number of aliphatic hydroxyl groups excluding tert-OH is 5. The van der Waals surface area contributed by atoms with Gasteiger partial charge in [-0.15, -0.1) is 0 Å². The monoisotopic (exact) mass is 336 g/mol. The normalized spacial score (nSPS) is 22.7. The van der Waals surface area contributed by atoms with Gasteiger partial charge in [-0.2, -0.15) is 0 Å². The largest absolute Gasteiger partial charge is 0.394 e. The maximum atomic E-state index is 12.3. The predicted octanol–water partition coefficient (Wildman–Crippen LogP) is -2.69. The van der Waals surface area contributed by atoms with Crippen LogP contribution in [0.25, 0.3) is 0 Å². The molecule has 0 bridgehead atoms. The van der Waals surface area contributed by atoms with E-state index in [1.54, 1.807) is 27.7 Å². The van der Waals surface area contributed by atoms with Crippen molar-refractivity contribution in [3.8, 4) is 0 Å². The van der Waals surface area contributed by atoms with Crippen molar-refractivity contribution < 1.29 is 30.3 Å². The lowest BCUT2D eigenvalue weighted by atomic mass is 10.0. The molecule has 1 aliphatic rings. The molecule has 23 heavy (non-hydrogen) atoms. The zero-order chi connectivity index (χ0) is 17.9. The van der Waals surface area contributed by atoms with Crippen molar-refractivity contribution in [1.82, 2.24) is 20.9 Å². The van der Waals surface area contributed by atoms with Crippen LogP contribution in [0.1, 0.15) is 27.7 Å². The topological polar surface area (TPSA) is 149 Å². The van der Waals surface area contributed by atoms with E-state index in [4.69, 9.17) is 5.11 Å². The van der Waals surface area contributed by atoms with Crippen molar-refractivity contribution >= 4 is 6.03 Å². The third-order valence-corrected chi connectivity index (χ3v) is 3.62. The number of aliphatic hydroxyl groups is 5. The molecule has 0 aromatic heterocycles. The van der Waals surface area contributed by atoms with Crippen LogP contribution in [-0.4, -0.2) is 90.9 Å². The molecule has 136 valence electrons. The third-order valence-electron chi connectivity index (χ3n) is 3.62. The van der Waals surface area contributed by atoms with Crippen LogP contribution in [0.4, 0.5) is 4.79 Å². The highest BCUT2D eigenvalue weighted by Crippen LogP contribution is 2.14. The first-order chi connectivity index (χ1) is 10.6. The quantitative estimate of drug-likeness (QED) is 0.266. The lowest BCUT2D eigenvalue weighted by molar-refractivity contribution is -0.140. The van der Waals surface area contributed by atoms with Gasteiger partial charge >= 0.3 is 6.03 Å². The summed E-state index contributed by atoms with van der Waals surface area (Å²) in [5.74, 6) is 0. The minimum atomic E-state index is -1.74. The van der Waals surface area contributed by atoms with Gasteiger partial charge in [-0.05, 0) is 27.7 Å². The molecule has 10 heteroatoms. The fourth-order valence-corrected chi connectivity index (χ4v) is 2.18. The third kappa shape index (κ3) is 4.51. The zero-order valence-corrected chi connectivity index (χ0v) is 13.8. The second-order valence-electron chi connectivity index (χ2n) is 6.17. The number of nitrogens with one attached hydrogen (secondary N) is 2. The van der Waals surface area contributed by atoms with E-state index in [0.717, 1.165) is 0 Å². The summed E-state index contributed by atoms with van der Waals surface area (Å²) in [6.45, 7) is 6.35. The molecule has 4 atom stereocenters. The molecule has 10 nitrogen and oxygen atoms in total. The average molecular weight is 336 g/mol. The van der Waals surface area contributed by atoms with Crippen LogP contribution < -0.4 is 10.9 Å². The maximum Gasteiger partial charge on any atom is 0.349 e. The summed E-state index contributed by atoms with van der Waals surface area (Å²) in [7, 11) is 0. The highest BCUT2D eigenvalue weighted by Gasteiger charge is 2.41. The second kappa shape index (κ2) is 8.20.